The maximum Gasteiger partial charge on any atom is 0.335 e. The molecule has 2 N–H and O–H groups in total. The van der Waals surface area contributed by atoms with E-state index >= 15 is 0 Å². The number of carbonyl (C=O) groups excluding carboxylic acids is 1. The predicted octanol–water partition coefficient (Wildman–Crippen LogP) is 3.17. The molecule has 1 aromatic carbocycles. The minimum Gasteiger partial charge on any atom is -0.478 e. The highest BCUT2D eigenvalue weighted by molar-refractivity contribution is 7.10. The number of hydrogen-bond donors (Lipinski definition) is 2. The molecule has 2 atom stereocenters. The summed E-state index contributed by atoms with van der Waals surface area (Å²) in [4.78, 5) is 24.4. The van der Waals surface area contributed by atoms with E-state index in [1.54, 1.807) is 29.5 Å². The second-order valence-electron chi connectivity index (χ2n) is 5.64. The summed E-state index contributed by atoms with van der Waals surface area (Å²) in [5, 5.41) is 13.9. The summed E-state index contributed by atoms with van der Waals surface area (Å²) in [7, 11) is 0. The van der Waals surface area contributed by atoms with Crippen molar-refractivity contribution in [3.63, 3.8) is 0 Å². The summed E-state index contributed by atoms with van der Waals surface area (Å²) < 4.78 is 0. The molecule has 0 spiro atoms. The Morgan fingerprint density at radius 1 is 1.36 bits per heavy atom. The number of hydrogen-bond acceptors (Lipinski definition) is 3. The van der Waals surface area contributed by atoms with Gasteiger partial charge >= 0.3 is 5.97 Å². The van der Waals surface area contributed by atoms with E-state index in [1.807, 2.05) is 6.07 Å². The van der Waals surface area contributed by atoms with Crippen molar-refractivity contribution in [1.82, 2.24) is 5.32 Å². The number of aryl methyl sites for hydroxylation is 1. The Morgan fingerprint density at radius 2 is 2.18 bits per heavy atom. The third kappa shape index (κ3) is 3.04. The minimum absolute atomic E-state index is 0.0542. The van der Waals surface area contributed by atoms with Crippen LogP contribution in [0.2, 0.25) is 0 Å². The summed E-state index contributed by atoms with van der Waals surface area (Å²) >= 11 is 1.72. The Morgan fingerprint density at radius 3 is 2.86 bits per heavy atom. The van der Waals surface area contributed by atoms with Gasteiger partial charge in [-0.3, -0.25) is 4.79 Å². The molecule has 0 saturated heterocycles. The van der Waals surface area contributed by atoms with Crippen LogP contribution in [-0.2, 0) is 11.3 Å². The average molecular weight is 315 g/mol. The maximum atomic E-state index is 12.2. The summed E-state index contributed by atoms with van der Waals surface area (Å²) in [6.07, 6.45) is 0.905. The highest BCUT2D eigenvalue weighted by atomic mass is 32.1. The van der Waals surface area contributed by atoms with E-state index in [-0.39, 0.29) is 17.4 Å². The molecular weight excluding hydrogens is 298 g/mol. The normalized spacial score (nSPS) is 19.7. The molecule has 0 bridgehead atoms. The second kappa shape index (κ2) is 5.93. The van der Waals surface area contributed by atoms with Gasteiger partial charge in [0.1, 0.15) is 0 Å². The van der Waals surface area contributed by atoms with Crippen LogP contribution in [0.25, 0.3) is 0 Å². The van der Waals surface area contributed by atoms with Crippen molar-refractivity contribution >= 4 is 23.2 Å². The summed E-state index contributed by atoms with van der Waals surface area (Å²) in [5.74, 6) is -0.493. The van der Waals surface area contributed by atoms with Gasteiger partial charge in [0.05, 0.1) is 5.56 Å². The van der Waals surface area contributed by atoms with E-state index in [9.17, 15) is 9.59 Å². The number of aromatic carboxylic acids is 1. The highest BCUT2D eigenvalue weighted by Crippen LogP contribution is 2.50. The van der Waals surface area contributed by atoms with E-state index < -0.39 is 5.97 Å². The Kier molecular flexibility index (Phi) is 3.98. The zero-order chi connectivity index (χ0) is 15.7. The molecule has 0 radical (unpaired) electrons. The Labute approximate surface area is 132 Å². The number of carboxylic acids is 1. The van der Waals surface area contributed by atoms with Gasteiger partial charge in [-0.2, -0.15) is 0 Å². The summed E-state index contributed by atoms with van der Waals surface area (Å²) in [5.41, 5.74) is 2.31. The molecule has 0 unspecified atom stereocenters. The fraction of sp³-hybridized carbons (Fsp3) is 0.294. The Balaban J connectivity index is 1.57. The highest BCUT2D eigenvalue weighted by Gasteiger charge is 2.45. The van der Waals surface area contributed by atoms with Crippen molar-refractivity contribution in [3.05, 3.63) is 57.3 Å². The number of carbonyl (C=O) groups is 2. The average Bonchev–Trinajstić information content (AvgIpc) is 3.19. The van der Waals surface area contributed by atoms with Crippen LogP contribution >= 0.6 is 11.3 Å². The summed E-state index contributed by atoms with van der Waals surface area (Å²) in [6.45, 7) is 2.45. The quantitative estimate of drug-likeness (QED) is 0.890. The van der Waals surface area contributed by atoms with E-state index in [4.69, 9.17) is 5.11 Å². The van der Waals surface area contributed by atoms with Gasteiger partial charge in [-0.05, 0) is 48.1 Å². The van der Waals surface area contributed by atoms with Crippen LogP contribution in [0.5, 0.6) is 0 Å². The number of thiophene rings is 1. The van der Waals surface area contributed by atoms with Crippen molar-refractivity contribution in [1.29, 1.82) is 0 Å². The fourth-order valence-corrected chi connectivity index (χ4v) is 3.78. The first-order valence-corrected chi connectivity index (χ1v) is 8.08. The van der Waals surface area contributed by atoms with Gasteiger partial charge in [0.25, 0.3) is 0 Å². The molecule has 114 valence electrons. The molecule has 1 saturated carbocycles. The van der Waals surface area contributed by atoms with Crippen LogP contribution in [0.4, 0.5) is 0 Å². The van der Waals surface area contributed by atoms with Crippen LogP contribution < -0.4 is 5.32 Å². The van der Waals surface area contributed by atoms with Crippen molar-refractivity contribution in [2.24, 2.45) is 5.92 Å². The number of carboxylic acid groups (broad SMARTS) is 1. The van der Waals surface area contributed by atoms with Gasteiger partial charge in [0, 0.05) is 23.3 Å². The number of nitrogens with one attached hydrogen (secondary N) is 1. The van der Waals surface area contributed by atoms with E-state index in [0.29, 0.717) is 12.5 Å². The van der Waals surface area contributed by atoms with Gasteiger partial charge < -0.3 is 10.4 Å². The first-order valence-electron chi connectivity index (χ1n) is 7.20. The zero-order valence-corrected chi connectivity index (χ0v) is 13.0. The van der Waals surface area contributed by atoms with Crippen LogP contribution in [0.15, 0.2) is 35.7 Å². The molecule has 1 amide bonds. The van der Waals surface area contributed by atoms with Gasteiger partial charge in [-0.1, -0.05) is 12.1 Å². The van der Waals surface area contributed by atoms with Crippen molar-refractivity contribution in [2.45, 2.75) is 25.8 Å². The molecule has 1 heterocycles. The van der Waals surface area contributed by atoms with E-state index in [2.05, 4.69) is 23.7 Å². The van der Waals surface area contributed by atoms with Crippen molar-refractivity contribution in [2.75, 3.05) is 0 Å². The molecule has 3 rings (SSSR count). The molecule has 1 fully saturated rings. The van der Waals surface area contributed by atoms with Crippen LogP contribution in [-0.4, -0.2) is 17.0 Å². The number of benzene rings is 1. The van der Waals surface area contributed by atoms with Crippen molar-refractivity contribution < 1.29 is 14.7 Å². The maximum absolute atomic E-state index is 12.2. The standard InChI is InChI=1S/C17H17NO3S/c1-10-5-6-22-15(10)13-8-14(13)16(19)18-9-11-3-2-4-12(7-11)17(20)21/h2-7,13-14H,8-9H2,1H3,(H,18,19)(H,20,21)/t13-,14-/m0/s1. The third-order valence-corrected chi connectivity index (χ3v) is 5.16. The van der Waals surface area contributed by atoms with Crippen molar-refractivity contribution in [3.8, 4) is 0 Å². The van der Waals surface area contributed by atoms with Crippen LogP contribution in [0.3, 0.4) is 0 Å². The van der Waals surface area contributed by atoms with Gasteiger partial charge in [-0.25, -0.2) is 4.79 Å². The second-order valence-corrected chi connectivity index (χ2v) is 6.59. The molecule has 22 heavy (non-hydrogen) atoms. The Bertz CT molecular complexity index is 722. The fourth-order valence-electron chi connectivity index (χ4n) is 2.67. The van der Waals surface area contributed by atoms with E-state index in [1.165, 1.54) is 10.4 Å². The van der Waals surface area contributed by atoms with Gasteiger partial charge in [-0.15, -0.1) is 11.3 Å². The van der Waals surface area contributed by atoms with E-state index in [0.717, 1.165) is 12.0 Å². The first-order chi connectivity index (χ1) is 10.6. The Hall–Kier alpha value is -2.14. The minimum atomic E-state index is -0.955. The molecule has 1 aromatic heterocycles. The zero-order valence-electron chi connectivity index (χ0n) is 12.2. The lowest BCUT2D eigenvalue weighted by Gasteiger charge is -2.06. The summed E-state index contributed by atoms with van der Waals surface area (Å²) in [6, 6.07) is 8.74. The topological polar surface area (TPSA) is 66.4 Å². The van der Waals surface area contributed by atoms with Crippen LogP contribution in [0, 0.1) is 12.8 Å². The molecule has 4 nitrogen and oxygen atoms in total. The molecule has 5 heteroatoms. The SMILES string of the molecule is Cc1ccsc1[C@H]1C[C@@H]1C(=O)NCc1cccc(C(=O)O)c1. The molecular formula is C17H17NO3S. The van der Waals surface area contributed by atoms with Gasteiger partial charge in [0.2, 0.25) is 5.91 Å². The lowest BCUT2D eigenvalue weighted by Crippen LogP contribution is -2.25. The van der Waals surface area contributed by atoms with Crippen LogP contribution in [0.1, 0.15) is 38.7 Å². The lowest BCUT2D eigenvalue weighted by molar-refractivity contribution is -0.122. The third-order valence-electron chi connectivity index (χ3n) is 4.01. The first kappa shape index (κ1) is 14.8. The smallest absolute Gasteiger partial charge is 0.335 e. The molecule has 2 aromatic rings. The number of amides is 1. The predicted molar refractivity (Wildman–Crippen MR) is 85.2 cm³/mol. The largest absolute Gasteiger partial charge is 0.478 e. The lowest BCUT2D eigenvalue weighted by atomic mass is 10.1. The molecule has 1 aliphatic carbocycles. The molecule has 1 aliphatic rings. The monoisotopic (exact) mass is 315 g/mol. The number of rotatable bonds is 5. The molecule has 0 aliphatic heterocycles. The van der Waals surface area contributed by atoms with Gasteiger partial charge in [0.15, 0.2) is 0 Å².